The fourth-order valence-corrected chi connectivity index (χ4v) is 4.06. The van der Waals surface area contributed by atoms with E-state index in [9.17, 15) is 5.11 Å². The average molecular weight is 312 g/mol. The van der Waals surface area contributed by atoms with E-state index in [0.29, 0.717) is 0 Å². The Kier molecular flexibility index (Phi) is 5.38. The molecule has 3 rings (SSSR count). The van der Waals surface area contributed by atoms with Gasteiger partial charge in [0, 0.05) is 44.2 Å². The molecule has 1 unspecified atom stereocenters. The second-order valence-corrected chi connectivity index (χ2v) is 7.03. The molecule has 23 heavy (non-hydrogen) atoms. The van der Waals surface area contributed by atoms with Crippen molar-refractivity contribution in [1.82, 2.24) is 10.2 Å². The van der Waals surface area contributed by atoms with Crippen molar-refractivity contribution in [3.63, 3.8) is 0 Å². The molecule has 0 bridgehead atoms. The van der Waals surface area contributed by atoms with Gasteiger partial charge < -0.3 is 15.3 Å². The summed E-state index contributed by atoms with van der Waals surface area (Å²) in [6.45, 7) is 5.15. The molecule has 3 nitrogen and oxygen atoms in total. The van der Waals surface area contributed by atoms with Crippen molar-refractivity contribution < 1.29 is 5.11 Å². The van der Waals surface area contributed by atoms with Gasteiger partial charge in [-0.25, -0.2) is 0 Å². The Labute approximate surface area is 140 Å². The number of aliphatic hydroxyl groups is 1. The summed E-state index contributed by atoms with van der Waals surface area (Å²) in [5, 5.41) is 14.8. The summed E-state index contributed by atoms with van der Waals surface area (Å²) >= 11 is 0. The number of nitrogens with zero attached hydrogens (tertiary/aromatic N) is 1. The summed E-state index contributed by atoms with van der Waals surface area (Å²) in [5.41, 5.74) is 1.57. The summed E-state index contributed by atoms with van der Waals surface area (Å²) < 4.78 is 0. The first kappa shape index (κ1) is 16.5. The molecule has 1 aliphatic heterocycles. The van der Waals surface area contributed by atoms with Crippen molar-refractivity contribution in [2.45, 2.75) is 43.6 Å². The zero-order chi connectivity index (χ0) is 16.1. The van der Waals surface area contributed by atoms with Crippen LogP contribution >= 0.6 is 0 Å². The van der Waals surface area contributed by atoms with Crippen LogP contribution in [-0.4, -0.2) is 48.3 Å². The number of hydrogen-bond donors (Lipinski definition) is 2. The number of rotatable bonds is 4. The van der Waals surface area contributed by atoms with Crippen molar-refractivity contribution in [2.75, 3.05) is 32.7 Å². The predicted octanol–water partition coefficient (Wildman–Crippen LogP) is 2.35. The van der Waals surface area contributed by atoms with Crippen LogP contribution in [0.5, 0.6) is 0 Å². The van der Waals surface area contributed by atoms with Crippen LogP contribution < -0.4 is 5.32 Å². The highest BCUT2D eigenvalue weighted by Gasteiger charge is 2.39. The van der Waals surface area contributed by atoms with E-state index < -0.39 is 5.60 Å². The van der Waals surface area contributed by atoms with E-state index >= 15 is 0 Å². The van der Waals surface area contributed by atoms with E-state index in [1.54, 1.807) is 0 Å². The van der Waals surface area contributed by atoms with E-state index in [4.69, 9.17) is 6.42 Å². The predicted molar refractivity (Wildman–Crippen MR) is 94.5 cm³/mol. The lowest BCUT2D eigenvalue weighted by molar-refractivity contribution is -0.0316. The minimum Gasteiger partial charge on any atom is -0.389 e. The Morgan fingerprint density at radius 3 is 2.39 bits per heavy atom. The lowest BCUT2D eigenvalue weighted by Crippen LogP contribution is -2.49. The summed E-state index contributed by atoms with van der Waals surface area (Å²) in [4.78, 5) is 2.49. The number of piperazine rings is 1. The molecule has 1 saturated heterocycles. The van der Waals surface area contributed by atoms with Gasteiger partial charge in [-0.05, 0) is 30.5 Å². The highest BCUT2D eigenvalue weighted by molar-refractivity contribution is 5.36. The van der Waals surface area contributed by atoms with Crippen LogP contribution in [0.1, 0.15) is 49.1 Å². The van der Waals surface area contributed by atoms with E-state index in [0.717, 1.165) is 64.0 Å². The summed E-state index contributed by atoms with van der Waals surface area (Å²) in [6, 6.07) is 8.25. The highest BCUT2D eigenvalue weighted by Crippen LogP contribution is 2.40. The molecule has 3 heteroatoms. The van der Waals surface area contributed by atoms with Crippen LogP contribution in [0.3, 0.4) is 0 Å². The molecular formula is C20H28N2O. The Morgan fingerprint density at radius 2 is 1.78 bits per heavy atom. The molecule has 1 saturated carbocycles. The van der Waals surface area contributed by atoms with Crippen LogP contribution in [0.25, 0.3) is 0 Å². The minimum absolute atomic E-state index is 0.174. The van der Waals surface area contributed by atoms with Gasteiger partial charge in [0.2, 0.25) is 0 Å². The van der Waals surface area contributed by atoms with Gasteiger partial charge in [-0.1, -0.05) is 37.3 Å². The van der Waals surface area contributed by atoms with Gasteiger partial charge in [-0.3, -0.25) is 0 Å². The lowest BCUT2D eigenvalue weighted by atomic mass is 9.72. The van der Waals surface area contributed by atoms with Gasteiger partial charge in [0.05, 0.1) is 5.60 Å². The van der Waals surface area contributed by atoms with Crippen molar-refractivity contribution in [1.29, 1.82) is 0 Å². The van der Waals surface area contributed by atoms with E-state index in [1.807, 2.05) is 12.1 Å². The van der Waals surface area contributed by atoms with Crippen molar-refractivity contribution in [3.05, 3.63) is 35.4 Å². The third-order valence-corrected chi connectivity index (χ3v) is 5.50. The quantitative estimate of drug-likeness (QED) is 0.838. The molecule has 1 aromatic rings. The second-order valence-electron chi connectivity index (χ2n) is 7.03. The smallest absolute Gasteiger partial charge is 0.0728 e. The monoisotopic (exact) mass is 312 g/mol. The maximum absolute atomic E-state index is 11.4. The van der Waals surface area contributed by atoms with Crippen LogP contribution in [0.15, 0.2) is 24.3 Å². The minimum atomic E-state index is -0.569. The highest BCUT2D eigenvalue weighted by atomic mass is 16.3. The molecule has 0 spiro atoms. The number of terminal acetylenes is 1. The topological polar surface area (TPSA) is 35.5 Å². The molecule has 1 aliphatic carbocycles. The largest absolute Gasteiger partial charge is 0.389 e. The van der Waals surface area contributed by atoms with Gasteiger partial charge >= 0.3 is 0 Å². The van der Waals surface area contributed by atoms with Gasteiger partial charge in [-0.15, -0.1) is 6.42 Å². The standard InChI is InChI=1S/C20H28N2O/c1-2-17-6-8-18(9-7-17)19(16-22-14-12-21-13-15-22)20(23)10-4-3-5-11-20/h1,6-9,19,21,23H,3-5,10-16H2. The third kappa shape index (κ3) is 3.95. The molecule has 1 heterocycles. The second kappa shape index (κ2) is 7.49. The first-order chi connectivity index (χ1) is 11.2. The van der Waals surface area contributed by atoms with E-state index in [-0.39, 0.29) is 5.92 Å². The molecule has 1 aromatic carbocycles. The first-order valence-electron chi connectivity index (χ1n) is 8.93. The molecule has 124 valence electrons. The molecule has 0 amide bonds. The molecular weight excluding hydrogens is 284 g/mol. The SMILES string of the molecule is C#Cc1ccc(C(CN2CCNCC2)C2(O)CCCCC2)cc1. The van der Waals surface area contributed by atoms with Crippen molar-refractivity contribution in [2.24, 2.45) is 0 Å². The van der Waals surface area contributed by atoms with Gasteiger partial charge in [-0.2, -0.15) is 0 Å². The first-order valence-corrected chi connectivity index (χ1v) is 8.93. The molecule has 2 N–H and O–H groups in total. The van der Waals surface area contributed by atoms with Gasteiger partial charge in [0.25, 0.3) is 0 Å². The molecule has 0 radical (unpaired) electrons. The van der Waals surface area contributed by atoms with Crippen LogP contribution in [0, 0.1) is 12.3 Å². The molecule has 1 atom stereocenters. The maximum atomic E-state index is 11.4. The molecule has 0 aromatic heterocycles. The van der Waals surface area contributed by atoms with E-state index in [1.165, 1.54) is 12.0 Å². The number of hydrogen-bond acceptors (Lipinski definition) is 3. The summed E-state index contributed by atoms with van der Waals surface area (Å²) in [5.74, 6) is 2.86. The Morgan fingerprint density at radius 1 is 1.13 bits per heavy atom. The van der Waals surface area contributed by atoms with Crippen LogP contribution in [0.2, 0.25) is 0 Å². The maximum Gasteiger partial charge on any atom is 0.0728 e. The fourth-order valence-electron chi connectivity index (χ4n) is 4.06. The zero-order valence-corrected chi connectivity index (χ0v) is 13.9. The fraction of sp³-hybridized carbons (Fsp3) is 0.600. The van der Waals surface area contributed by atoms with Crippen LogP contribution in [0.4, 0.5) is 0 Å². The van der Waals surface area contributed by atoms with Gasteiger partial charge in [0.15, 0.2) is 0 Å². The van der Waals surface area contributed by atoms with Gasteiger partial charge in [0.1, 0.15) is 0 Å². The summed E-state index contributed by atoms with van der Waals surface area (Å²) in [6.07, 6.45) is 10.8. The zero-order valence-electron chi connectivity index (χ0n) is 13.9. The average Bonchev–Trinajstić information content (AvgIpc) is 2.61. The Balaban J connectivity index is 1.83. The van der Waals surface area contributed by atoms with Crippen LogP contribution in [-0.2, 0) is 0 Å². The Bertz CT molecular complexity index is 534. The third-order valence-electron chi connectivity index (χ3n) is 5.50. The van der Waals surface area contributed by atoms with Crippen molar-refractivity contribution in [3.8, 4) is 12.3 Å². The lowest BCUT2D eigenvalue weighted by Gasteiger charge is -2.42. The molecule has 2 fully saturated rings. The normalized spacial score (nSPS) is 23.1. The van der Waals surface area contributed by atoms with E-state index in [2.05, 4.69) is 28.3 Å². The number of benzene rings is 1. The molecule has 2 aliphatic rings. The van der Waals surface area contributed by atoms with Crippen molar-refractivity contribution >= 4 is 0 Å². The summed E-state index contributed by atoms with van der Waals surface area (Å²) in [7, 11) is 0. The number of nitrogens with one attached hydrogen (secondary N) is 1. The Hall–Kier alpha value is -1.34.